The zero-order valence-electron chi connectivity index (χ0n) is 11.7. The molecule has 0 radical (unpaired) electrons. The number of para-hydroxylation sites is 1. The molecule has 0 bridgehead atoms. The standard InChI is InChI=1S/C16H18N2O2/c1-3-20-16(19)14-11-12(17)9-10-15(14)18(2)13-7-5-4-6-8-13/h4-11H,3,17H2,1-2H3. The molecule has 104 valence electrons. The van der Waals surface area contributed by atoms with Gasteiger partial charge in [-0.3, -0.25) is 0 Å². The number of benzene rings is 2. The first-order valence-electron chi connectivity index (χ1n) is 6.49. The van der Waals surface area contributed by atoms with Crippen molar-refractivity contribution in [3.8, 4) is 0 Å². The number of hydrogen-bond acceptors (Lipinski definition) is 4. The lowest BCUT2D eigenvalue weighted by Gasteiger charge is -2.22. The molecule has 2 N–H and O–H groups in total. The van der Waals surface area contributed by atoms with Crippen LogP contribution >= 0.6 is 0 Å². The van der Waals surface area contributed by atoms with Crippen LogP contribution in [0.25, 0.3) is 0 Å². The molecule has 0 saturated carbocycles. The van der Waals surface area contributed by atoms with E-state index in [1.807, 2.05) is 48.3 Å². The largest absolute Gasteiger partial charge is 0.462 e. The molecule has 0 aliphatic heterocycles. The Bertz CT molecular complexity index is 597. The Labute approximate surface area is 118 Å². The van der Waals surface area contributed by atoms with E-state index in [9.17, 15) is 4.79 Å². The third-order valence-corrected chi connectivity index (χ3v) is 3.02. The predicted molar refractivity (Wildman–Crippen MR) is 81.3 cm³/mol. The summed E-state index contributed by atoms with van der Waals surface area (Å²) in [7, 11) is 1.91. The van der Waals surface area contributed by atoms with Gasteiger partial charge in [-0.1, -0.05) is 18.2 Å². The van der Waals surface area contributed by atoms with Gasteiger partial charge in [0.25, 0.3) is 0 Å². The van der Waals surface area contributed by atoms with Gasteiger partial charge in [0.2, 0.25) is 0 Å². The highest BCUT2D eigenvalue weighted by atomic mass is 16.5. The molecule has 0 unspecified atom stereocenters. The van der Waals surface area contributed by atoms with Gasteiger partial charge in [0.05, 0.1) is 17.9 Å². The Balaban J connectivity index is 2.43. The molecule has 0 aliphatic carbocycles. The molecular formula is C16H18N2O2. The Morgan fingerprint density at radius 2 is 1.90 bits per heavy atom. The Morgan fingerprint density at radius 3 is 2.55 bits per heavy atom. The highest BCUT2D eigenvalue weighted by molar-refractivity contribution is 5.98. The van der Waals surface area contributed by atoms with Gasteiger partial charge < -0.3 is 15.4 Å². The third-order valence-electron chi connectivity index (χ3n) is 3.02. The summed E-state index contributed by atoms with van der Waals surface area (Å²) in [5.41, 5.74) is 8.54. The summed E-state index contributed by atoms with van der Waals surface area (Å²) >= 11 is 0. The van der Waals surface area contributed by atoms with Gasteiger partial charge >= 0.3 is 5.97 Å². The maximum atomic E-state index is 12.0. The molecule has 0 saturated heterocycles. The van der Waals surface area contributed by atoms with Gasteiger partial charge in [0.1, 0.15) is 0 Å². The first-order valence-corrected chi connectivity index (χ1v) is 6.49. The van der Waals surface area contributed by atoms with Gasteiger partial charge in [-0.05, 0) is 37.3 Å². The summed E-state index contributed by atoms with van der Waals surface area (Å²) in [6, 6.07) is 15.1. The Morgan fingerprint density at radius 1 is 1.20 bits per heavy atom. The minimum Gasteiger partial charge on any atom is -0.462 e. The van der Waals surface area contributed by atoms with E-state index in [2.05, 4.69) is 0 Å². The maximum absolute atomic E-state index is 12.0. The first kappa shape index (κ1) is 13.9. The Hall–Kier alpha value is -2.49. The molecule has 2 aromatic rings. The molecule has 0 heterocycles. The topological polar surface area (TPSA) is 55.6 Å². The summed E-state index contributed by atoms with van der Waals surface area (Å²) < 4.78 is 5.09. The summed E-state index contributed by atoms with van der Waals surface area (Å²) in [4.78, 5) is 14.0. The SMILES string of the molecule is CCOC(=O)c1cc(N)ccc1N(C)c1ccccc1. The van der Waals surface area contributed by atoms with Crippen LogP contribution in [0.1, 0.15) is 17.3 Å². The van der Waals surface area contributed by atoms with Crippen molar-refractivity contribution in [2.75, 3.05) is 24.3 Å². The molecule has 2 aromatic carbocycles. The number of nitrogen functional groups attached to an aromatic ring is 1. The summed E-state index contributed by atoms with van der Waals surface area (Å²) in [6.07, 6.45) is 0. The smallest absolute Gasteiger partial charge is 0.340 e. The molecule has 0 amide bonds. The minimum atomic E-state index is -0.363. The van der Waals surface area contributed by atoms with E-state index >= 15 is 0 Å². The summed E-state index contributed by atoms with van der Waals surface area (Å²) in [6.45, 7) is 2.12. The van der Waals surface area contributed by atoms with E-state index in [-0.39, 0.29) is 5.97 Å². The van der Waals surface area contributed by atoms with Crippen molar-refractivity contribution in [1.82, 2.24) is 0 Å². The molecular weight excluding hydrogens is 252 g/mol. The molecule has 0 aliphatic rings. The van der Waals surface area contributed by atoms with Crippen LogP contribution in [-0.2, 0) is 4.74 Å². The Kier molecular flexibility index (Phi) is 4.25. The van der Waals surface area contributed by atoms with Crippen LogP contribution in [0.5, 0.6) is 0 Å². The number of hydrogen-bond donors (Lipinski definition) is 1. The number of esters is 1. The van der Waals surface area contributed by atoms with Crippen LogP contribution < -0.4 is 10.6 Å². The highest BCUT2D eigenvalue weighted by Crippen LogP contribution is 2.29. The van der Waals surface area contributed by atoms with Gasteiger partial charge in [-0.25, -0.2) is 4.79 Å². The van der Waals surface area contributed by atoms with E-state index in [1.54, 1.807) is 19.1 Å². The van der Waals surface area contributed by atoms with Crippen molar-refractivity contribution in [2.45, 2.75) is 6.92 Å². The molecule has 0 aromatic heterocycles. The lowest BCUT2D eigenvalue weighted by molar-refractivity contribution is 0.0527. The van der Waals surface area contributed by atoms with Crippen molar-refractivity contribution in [3.05, 3.63) is 54.1 Å². The predicted octanol–water partition coefficient (Wildman–Crippen LogP) is 3.21. The van der Waals surface area contributed by atoms with Crippen LogP contribution in [0.4, 0.5) is 17.1 Å². The number of nitrogens with zero attached hydrogens (tertiary/aromatic N) is 1. The summed E-state index contributed by atoms with van der Waals surface area (Å²) in [5.74, 6) is -0.363. The fraction of sp³-hybridized carbons (Fsp3) is 0.188. The van der Waals surface area contributed by atoms with Crippen molar-refractivity contribution < 1.29 is 9.53 Å². The number of carbonyl (C=O) groups excluding carboxylic acids is 1. The number of rotatable bonds is 4. The van der Waals surface area contributed by atoms with Gasteiger partial charge in [0.15, 0.2) is 0 Å². The molecule has 4 nitrogen and oxygen atoms in total. The molecule has 0 atom stereocenters. The van der Waals surface area contributed by atoms with E-state index in [4.69, 9.17) is 10.5 Å². The van der Waals surface area contributed by atoms with E-state index < -0.39 is 0 Å². The first-order chi connectivity index (χ1) is 9.63. The second-order valence-corrected chi connectivity index (χ2v) is 4.39. The van der Waals surface area contributed by atoms with E-state index in [0.717, 1.165) is 11.4 Å². The molecule has 20 heavy (non-hydrogen) atoms. The van der Waals surface area contributed by atoms with Crippen LogP contribution in [0.3, 0.4) is 0 Å². The van der Waals surface area contributed by atoms with E-state index in [0.29, 0.717) is 17.9 Å². The van der Waals surface area contributed by atoms with Crippen LogP contribution in [0.2, 0.25) is 0 Å². The normalized spacial score (nSPS) is 10.1. The van der Waals surface area contributed by atoms with Crippen LogP contribution in [-0.4, -0.2) is 19.6 Å². The van der Waals surface area contributed by atoms with Crippen LogP contribution in [0.15, 0.2) is 48.5 Å². The second kappa shape index (κ2) is 6.10. The quantitative estimate of drug-likeness (QED) is 0.684. The fourth-order valence-electron chi connectivity index (χ4n) is 2.01. The maximum Gasteiger partial charge on any atom is 0.340 e. The highest BCUT2D eigenvalue weighted by Gasteiger charge is 2.16. The average Bonchev–Trinajstić information content (AvgIpc) is 2.47. The minimum absolute atomic E-state index is 0.335. The van der Waals surface area contributed by atoms with Crippen LogP contribution in [0, 0.1) is 0 Å². The fourth-order valence-corrected chi connectivity index (χ4v) is 2.01. The van der Waals surface area contributed by atoms with Crippen molar-refractivity contribution in [1.29, 1.82) is 0 Å². The third kappa shape index (κ3) is 2.91. The molecule has 0 fully saturated rings. The van der Waals surface area contributed by atoms with Gasteiger partial charge in [-0.15, -0.1) is 0 Å². The van der Waals surface area contributed by atoms with Crippen molar-refractivity contribution in [3.63, 3.8) is 0 Å². The molecule has 2 rings (SSSR count). The second-order valence-electron chi connectivity index (χ2n) is 4.39. The average molecular weight is 270 g/mol. The number of anilines is 3. The number of ether oxygens (including phenoxy) is 1. The number of carbonyl (C=O) groups is 1. The molecule has 4 heteroatoms. The summed E-state index contributed by atoms with van der Waals surface area (Å²) in [5, 5.41) is 0. The van der Waals surface area contributed by atoms with Crippen molar-refractivity contribution in [2.24, 2.45) is 0 Å². The van der Waals surface area contributed by atoms with Crippen molar-refractivity contribution >= 4 is 23.0 Å². The monoisotopic (exact) mass is 270 g/mol. The lowest BCUT2D eigenvalue weighted by atomic mass is 10.1. The van der Waals surface area contributed by atoms with Gasteiger partial charge in [-0.2, -0.15) is 0 Å². The number of nitrogens with two attached hydrogens (primary N) is 1. The zero-order chi connectivity index (χ0) is 14.5. The molecule has 0 spiro atoms. The van der Waals surface area contributed by atoms with E-state index in [1.165, 1.54) is 0 Å². The lowest BCUT2D eigenvalue weighted by Crippen LogP contribution is -2.16. The zero-order valence-corrected chi connectivity index (χ0v) is 11.7. The van der Waals surface area contributed by atoms with Gasteiger partial charge in [0, 0.05) is 18.4 Å².